The highest BCUT2D eigenvalue weighted by atomic mass is 79.9. The van der Waals surface area contributed by atoms with Crippen LogP contribution in [0.25, 0.3) is 0 Å². The minimum atomic E-state index is 0.0542. The molecule has 1 amide bonds. The lowest BCUT2D eigenvalue weighted by molar-refractivity contribution is 0.0989. The molecule has 0 fully saturated rings. The van der Waals surface area contributed by atoms with Gasteiger partial charge in [0.25, 0.3) is 5.91 Å². The number of carbonyl (C=O) groups is 1. The van der Waals surface area contributed by atoms with Crippen LogP contribution in [0.2, 0.25) is 0 Å². The minimum absolute atomic E-state index is 0.0542. The quantitative estimate of drug-likeness (QED) is 0.813. The molecule has 0 radical (unpaired) electrons. The van der Waals surface area contributed by atoms with Crippen LogP contribution < -0.4 is 10.6 Å². The third kappa shape index (κ3) is 2.20. The van der Waals surface area contributed by atoms with Crippen molar-refractivity contribution in [2.24, 2.45) is 0 Å². The molecule has 0 spiro atoms. The van der Waals surface area contributed by atoms with Crippen LogP contribution in [0.1, 0.15) is 21.5 Å². The number of amides is 1. The van der Waals surface area contributed by atoms with Gasteiger partial charge in [-0.15, -0.1) is 0 Å². The average molecular weight is 331 g/mol. The zero-order valence-corrected chi connectivity index (χ0v) is 12.8. The van der Waals surface area contributed by atoms with E-state index in [0.717, 1.165) is 39.0 Å². The Balaban J connectivity index is 1.97. The third-order valence-corrected chi connectivity index (χ3v) is 4.16. The summed E-state index contributed by atoms with van der Waals surface area (Å²) in [4.78, 5) is 14.5. The van der Waals surface area contributed by atoms with Crippen molar-refractivity contribution in [2.75, 3.05) is 17.2 Å². The van der Waals surface area contributed by atoms with E-state index >= 15 is 0 Å². The molecule has 0 bridgehead atoms. The number of hydrogen-bond acceptors (Lipinski definition) is 2. The van der Waals surface area contributed by atoms with Gasteiger partial charge in [0, 0.05) is 28.0 Å². The van der Waals surface area contributed by atoms with Gasteiger partial charge in [0.15, 0.2) is 0 Å². The first-order valence-electron chi connectivity index (χ1n) is 6.52. The van der Waals surface area contributed by atoms with E-state index in [1.54, 1.807) is 0 Å². The Labute approximate surface area is 126 Å². The van der Waals surface area contributed by atoms with Gasteiger partial charge in [-0.1, -0.05) is 15.9 Å². The van der Waals surface area contributed by atoms with Crippen molar-refractivity contribution in [1.82, 2.24) is 0 Å². The van der Waals surface area contributed by atoms with Crippen molar-refractivity contribution in [3.05, 3.63) is 57.6 Å². The van der Waals surface area contributed by atoms with Crippen LogP contribution in [0, 0.1) is 6.92 Å². The van der Waals surface area contributed by atoms with E-state index in [4.69, 9.17) is 5.73 Å². The van der Waals surface area contributed by atoms with Crippen molar-refractivity contribution < 1.29 is 4.79 Å². The molecule has 102 valence electrons. The van der Waals surface area contributed by atoms with Gasteiger partial charge >= 0.3 is 0 Å². The summed E-state index contributed by atoms with van der Waals surface area (Å²) in [5, 5.41) is 0. The number of nitrogens with zero attached hydrogens (tertiary/aromatic N) is 1. The fraction of sp³-hybridized carbons (Fsp3) is 0.188. The summed E-state index contributed by atoms with van der Waals surface area (Å²) >= 11 is 3.42. The van der Waals surface area contributed by atoms with E-state index in [1.807, 2.05) is 48.2 Å². The average Bonchev–Trinajstić information content (AvgIpc) is 2.80. The standard InChI is InChI=1S/C16H15BrN2O/c1-10-8-12(17)2-4-14(10)16(20)19-7-6-11-9-13(18)3-5-15(11)19/h2-5,8-9H,6-7,18H2,1H3. The highest BCUT2D eigenvalue weighted by Crippen LogP contribution is 2.31. The number of nitrogens with two attached hydrogens (primary N) is 1. The number of rotatable bonds is 1. The SMILES string of the molecule is Cc1cc(Br)ccc1C(=O)N1CCc2cc(N)ccc21. The van der Waals surface area contributed by atoms with Gasteiger partial charge in [0.2, 0.25) is 0 Å². The molecular formula is C16H15BrN2O. The Hall–Kier alpha value is -1.81. The van der Waals surface area contributed by atoms with Crippen LogP contribution in [0.5, 0.6) is 0 Å². The lowest BCUT2D eigenvalue weighted by atomic mass is 10.1. The normalized spacial score (nSPS) is 13.4. The van der Waals surface area contributed by atoms with Gasteiger partial charge in [0.05, 0.1) is 0 Å². The molecular weight excluding hydrogens is 316 g/mol. The second kappa shape index (κ2) is 4.94. The van der Waals surface area contributed by atoms with Crippen LogP contribution in [0.4, 0.5) is 11.4 Å². The topological polar surface area (TPSA) is 46.3 Å². The summed E-state index contributed by atoms with van der Waals surface area (Å²) in [5.74, 6) is 0.0542. The molecule has 2 aromatic carbocycles. The lowest BCUT2D eigenvalue weighted by Crippen LogP contribution is -2.29. The fourth-order valence-corrected chi connectivity index (χ4v) is 3.12. The number of halogens is 1. The number of nitrogen functional groups attached to an aromatic ring is 1. The van der Waals surface area contributed by atoms with Crippen LogP contribution in [-0.2, 0) is 6.42 Å². The monoisotopic (exact) mass is 330 g/mol. The summed E-state index contributed by atoms with van der Waals surface area (Å²) < 4.78 is 0.987. The Bertz CT molecular complexity index is 697. The molecule has 0 saturated heterocycles. The maximum absolute atomic E-state index is 12.7. The zero-order valence-electron chi connectivity index (χ0n) is 11.2. The smallest absolute Gasteiger partial charge is 0.258 e. The molecule has 4 heteroatoms. The number of carbonyl (C=O) groups excluding carboxylic acids is 1. The largest absolute Gasteiger partial charge is 0.399 e. The molecule has 2 N–H and O–H groups in total. The van der Waals surface area contributed by atoms with Gasteiger partial charge in [-0.3, -0.25) is 4.79 Å². The summed E-state index contributed by atoms with van der Waals surface area (Å²) in [6, 6.07) is 11.5. The Morgan fingerprint density at radius 1 is 1.25 bits per heavy atom. The molecule has 0 atom stereocenters. The van der Waals surface area contributed by atoms with E-state index in [-0.39, 0.29) is 5.91 Å². The van der Waals surface area contributed by atoms with E-state index in [0.29, 0.717) is 6.54 Å². The Morgan fingerprint density at radius 2 is 2.05 bits per heavy atom. The van der Waals surface area contributed by atoms with Crippen molar-refractivity contribution >= 4 is 33.2 Å². The van der Waals surface area contributed by atoms with E-state index in [1.165, 1.54) is 0 Å². The Morgan fingerprint density at radius 3 is 2.80 bits per heavy atom. The van der Waals surface area contributed by atoms with Crippen LogP contribution in [0.15, 0.2) is 40.9 Å². The first-order valence-corrected chi connectivity index (χ1v) is 7.32. The van der Waals surface area contributed by atoms with Gasteiger partial charge in [-0.2, -0.15) is 0 Å². The predicted molar refractivity (Wildman–Crippen MR) is 85.1 cm³/mol. The molecule has 2 aromatic rings. The summed E-state index contributed by atoms with van der Waals surface area (Å²) in [6.07, 6.45) is 0.863. The van der Waals surface area contributed by atoms with E-state index < -0.39 is 0 Å². The van der Waals surface area contributed by atoms with Gasteiger partial charge in [0.1, 0.15) is 0 Å². The highest BCUT2D eigenvalue weighted by Gasteiger charge is 2.26. The Kier molecular flexibility index (Phi) is 3.26. The maximum Gasteiger partial charge on any atom is 0.258 e. The van der Waals surface area contributed by atoms with E-state index in [2.05, 4.69) is 15.9 Å². The second-order valence-electron chi connectivity index (χ2n) is 5.05. The van der Waals surface area contributed by atoms with Crippen LogP contribution in [0.3, 0.4) is 0 Å². The maximum atomic E-state index is 12.7. The highest BCUT2D eigenvalue weighted by molar-refractivity contribution is 9.10. The summed E-state index contributed by atoms with van der Waals surface area (Å²) in [7, 11) is 0. The molecule has 3 nitrogen and oxygen atoms in total. The van der Waals surface area contributed by atoms with E-state index in [9.17, 15) is 4.79 Å². The van der Waals surface area contributed by atoms with Crippen molar-refractivity contribution in [2.45, 2.75) is 13.3 Å². The van der Waals surface area contributed by atoms with Crippen molar-refractivity contribution in [3.8, 4) is 0 Å². The third-order valence-electron chi connectivity index (χ3n) is 3.66. The molecule has 1 aliphatic rings. The first-order chi connectivity index (χ1) is 9.56. The molecule has 1 aliphatic heterocycles. The number of hydrogen-bond donors (Lipinski definition) is 1. The number of benzene rings is 2. The van der Waals surface area contributed by atoms with Gasteiger partial charge < -0.3 is 10.6 Å². The molecule has 1 heterocycles. The van der Waals surface area contributed by atoms with Crippen LogP contribution >= 0.6 is 15.9 Å². The van der Waals surface area contributed by atoms with Gasteiger partial charge in [-0.05, 0) is 60.9 Å². The molecule has 0 aromatic heterocycles. The molecule has 0 unspecified atom stereocenters. The van der Waals surface area contributed by atoms with Crippen LogP contribution in [-0.4, -0.2) is 12.5 Å². The summed E-state index contributed by atoms with van der Waals surface area (Å²) in [5.41, 5.74) is 10.4. The number of anilines is 2. The van der Waals surface area contributed by atoms with Gasteiger partial charge in [-0.25, -0.2) is 0 Å². The fourth-order valence-electron chi connectivity index (χ4n) is 2.65. The molecule has 3 rings (SSSR count). The molecule has 20 heavy (non-hydrogen) atoms. The van der Waals surface area contributed by atoms with Crippen molar-refractivity contribution in [1.29, 1.82) is 0 Å². The molecule has 0 saturated carbocycles. The number of aryl methyl sites for hydroxylation is 1. The lowest BCUT2D eigenvalue weighted by Gasteiger charge is -2.18. The number of fused-ring (bicyclic) bond motifs is 1. The summed E-state index contributed by atoms with van der Waals surface area (Å²) in [6.45, 7) is 2.67. The first kappa shape index (κ1) is 13.2. The van der Waals surface area contributed by atoms with Crippen molar-refractivity contribution in [3.63, 3.8) is 0 Å². The zero-order chi connectivity index (χ0) is 14.3. The minimum Gasteiger partial charge on any atom is -0.399 e. The second-order valence-corrected chi connectivity index (χ2v) is 5.97. The predicted octanol–water partition coefficient (Wildman–Crippen LogP) is 3.54. The molecule has 0 aliphatic carbocycles.